The van der Waals surface area contributed by atoms with Gasteiger partial charge in [-0.3, -0.25) is 4.79 Å². The van der Waals surface area contributed by atoms with Crippen molar-refractivity contribution in [2.24, 2.45) is 0 Å². The molecule has 5 heteroatoms. The molecule has 0 unspecified atom stereocenters. The molecular weight excluding hydrogens is 312 g/mol. The first-order valence-corrected chi connectivity index (χ1v) is 7.16. The van der Waals surface area contributed by atoms with Gasteiger partial charge in [-0.25, -0.2) is 4.79 Å². The number of aryl methyl sites for hydroxylation is 1. The molecule has 0 radical (unpaired) electrons. The van der Waals surface area contributed by atoms with E-state index in [-0.39, 0.29) is 18.4 Å². The summed E-state index contributed by atoms with van der Waals surface area (Å²) in [6.45, 7) is 2.09. The van der Waals surface area contributed by atoms with E-state index in [1.807, 2.05) is 12.1 Å². The summed E-state index contributed by atoms with van der Waals surface area (Å²) in [6, 6.07) is 5.51. The lowest BCUT2D eigenvalue weighted by molar-refractivity contribution is -0.140. The summed E-state index contributed by atoms with van der Waals surface area (Å²) in [4.78, 5) is 23.0. The summed E-state index contributed by atoms with van der Waals surface area (Å²) >= 11 is 3.37. The number of carbonyl (C=O) groups excluding carboxylic acids is 2. The minimum Gasteiger partial charge on any atom is -0.469 e. The smallest absolute Gasteiger partial charge is 0.338 e. The standard InChI is InChI=1S/C14H17BrO4/c1-3-19-14(17)12-6-4-10(9-15)8-11(12)5-7-13(16)18-2/h4,6,8H,3,5,7,9H2,1-2H3. The van der Waals surface area contributed by atoms with Crippen LogP contribution in [0.15, 0.2) is 18.2 Å². The molecule has 0 saturated heterocycles. The lowest BCUT2D eigenvalue weighted by Crippen LogP contribution is -2.10. The van der Waals surface area contributed by atoms with Gasteiger partial charge in [-0.15, -0.1) is 0 Å². The Bertz CT molecular complexity index is 457. The molecular formula is C14H17BrO4. The predicted molar refractivity (Wildman–Crippen MR) is 75.4 cm³/mol. The highest BCUT2D eigenvalue weighted by molar-refractivity contribution is 9.08. The second kappa shape index (κ2) is 7.94. The molecule has 0 amide bonds. The molecule has 0 N–H and O–H groups in total. The minimum atomic E-state index is -0.358. The van der Waals surface area contributed by atoms with E-state index in [9.17, 15) is 9.59 Å². The Morgan fingerprint density at radius 1 is 1.32 bits per heavy atom. The molecule has 0 heterocycles. The van der Waals surface area contributed by atoms with E-state index in [0.717, 1.165) is 11.1 Å². The van der Waals surface area contributed by atoms with Gasteiger partial charge in [0.15, 0.2) is 0 Å². The van der Waals surface area contributed by atoms with Gasteiger partial charge in [-0.05, 0) is 30.5 Å². The van der Waals surface area contributed by atoms with Crippen molar-refractivity contribution in [3.05, 3.63) is 34.9 Å². The van der Waals surface area contributed by atoms with E-state index < -0.39 is 0 Å². The third kappa shape index (κ3) is 4.67. The van der Waals surface area contributed by atoms with Crippen molar-refractivity contribution in [3.8, 4) is 0 Å². The van der Waals surface area contributed by atoms with Crippen LogP contribution in [0.1, 0.15) is 34.8 Å². The van der Waals surface area contributed by atoms with Crippen molar-refractivity contribution in [3.63, 3.8) is 0 Å². The van der Waals surface area contributed by atoms with Crippen molar-refractivity contribution in [1.82, 2.24) is 0 Å². The molecule has 1 aromatic rings. The first-order valence-electron chi connectivity index (χ1n) is 6.04. The van der Waals surface area contributed by atoms with E-state index in [2.05, 4.69) is 20.7 Å². The first kappa shape index (κ1) is 15.7. The quantitative estimate of drug-likeness (QED) is 0.595. The molecule has 0 aliphatic rings. The van der Waals surface area contributed by atoms with Crippen molar-refractivity contribution >= 4 is 27.9 Å². The third-order valence-electron chi connectivity index (χ3n) is 2.65. The molecule has 0 saturated carbocycles. The number of methoxy groups -OCH3 is 1. The number of carbonyl (C=O) groups is 2. The van der Waals surface area contributed by atoms with E-state index in [0.29, 0.717) is 23.9 Å². The number of hydrogen-bond acceptors (Lipinski definition) is 4. The lowest BCUT2D eigenvalue weighted by atomic mass is 10.0. The second-order valence-corrected chi connectivity index (χ2v) is 4.48. The summed E-state index contributed by atoms with van der Waals surface area (Å²) in [7, 11) is 1.35. The van der Waals surface area contributed by atoms with Crippen LogP contribution in [-0.4, -0.2) is 25.7 Å². The molecule has 1 rings (SSSR count). The first-order chi connectivity index (χ1) is 9.12. The minimum absolute atomic E-state index is 0.245. The average molecular weight is 329 g/mol. The zero-order chi connectivity index (χ0) is 14.3. The number of rotatable bonds is 6. The SMILES string of the molecule is CCOC(=O)c1ccc(CBr)cc1CCC(=O)OC. The number of ether oxygens (including phenoxy) is 2. The average Bonchev–Trinajstić information content (AvgIpc) is 2.44. The number of esters is 2. The Morgan fingerprint density at radius 2 is 2.05 bits per heavy atom. The summed E-state index contributed by atoms with van der Waals surface area (Å²) in [5.41, 5.74) is 2.36. The van der Waals surface area contributed by atoms with Gasteiger partial charge in [0.2, 0.25) is 0 Å². The Morgan fingerprint density at radius 3 is 2.63 bits per heavy atom. The molecule has 0 aliphatic heterocycles. The topological polar surface area (TPSA) is 52.6 Å². The zero-order valence-electron chi connectivity index (χ0n) is 11.1. The summed E-state index contributed by atoms with van der Waals surface area (Å²) in [5, 5.41) is 0.696. The maximum absolute atomic E-state index is 11.8. The zero-order valence-corrected chi connectivity index (χ0v) is 12.7. The van der Waals surface area contributed by atoms with Crippen molar-refractivity contribution in [2.45, 2.75) is 25.1 Å². The Labute approximate surface area is 121 Å². The molecule has 19 heavy (non-hydrogen) atoms. The molecule has 0 aromatic heterocycles. The molecule has 1 aromatic carbocycles. The van der Waals surface area contributed by atoms with Gasteiger partial charge in [-0.2, -0.15) is 0 Å². The number of benzene rings is 1. The van der Waals surface area contributed by atoms with Crippen LogP contribution < -0.4 is 0 Å². The fourth-order valence-electron chi connectivity index (χ4n) is 1.68. The monoisotopic (exact) mass is 328 g/mol. The van der Waals surface area contributed by atoms with Crippen LogP contribution in [0.2, 0.25) is 0 Å². The highest BCUT2D eigenvalue weighted by Crippen LogP contribution is 2.17. The normalized spacial score (nSPS) is 10.1. The fourth-order valence-corrected chi connectivity index (χ4v) is 2.03. The maximum Gasteiger partial charge on any atom is 0.338 e. The van der Waals surface area contributed by atoms with Gasteiger partial charge >= 0.3 is 11.9 Å². The predicted octanol–water partition coefficient (Wildman–Crippen LogP) is 2.86. The largest absolute Gasteiger partial charge is 0.469 e. The van der Waals surface area contributed by atoms with Crippen LogP contribution in [0.25, 0.3) is 0 Å². The highest BCUT2D eigenvalue weighted by Gasteiger charge is 2.14. The lowest BCUT2D eigenvalue weighted by Gasteiger charge is -2.10. The van der Waals surface area contributed by atoms with Crippen molar-refractivity contribution in [1.29, 1.82) is 0 Å². The van der Waals surface area contributed by atoms with Gasteiger partial charge < -0.3 is 9.47 Å². The van der Waals surface area contributed by atoms with Gasteiger partial charge in [0.1, 0.15) is 0 Å². The van der Waals surface area contributed by atoms with Crippen molar-refractivity contribution < 1.29 is 19.1 Å². The van der Waals surface area contributed by atoms with Crippen LogP contribution in [0.5, 0.6) is 0 Å². The fraction of sp³-hybridized carbons (Fsp3) is 0.429. The van der Waals surface area contributed by atoms with Crippen LogP contribution in [-0.2, 0) is 26.0 Å². The molecule has 0 bridgehead atoms. The maximum atomic E-state index is 11.8. The van der Waals surface area contributed by atoms with E-state index >= 15 is 0 Å². The summed E-state index contributed by atoms with van der Waals surface area (Å²) < 4.78 is 9.62. The molecule has 104 valence electrons. The Kier molecular flexibility index (Phi) is 6.56. The molecule has 4 nitrogen and oxygen atoms in total. The van der Waals surface area contributed by atoms with Gasteiger partial charge in [-0.1, -0.05) is 28.1 Å². The molecule has 0 aliphatic carbocycles. The summed E-state index contributed by atoms with van der Waals surface area (Å²) in [6.07, 6.45) is 0.705. The van der Waals surface area contributed by atoms with Crippen LogP contribution in [0, 0.1) is 0 Å². The Balaban J connectivity index is 2.95. The Hall–Kier alpha value is -1.36. The summed E-state index contributed by atoms with van der Waals surface area (Å²) in [5.74, 6) is -0.650. The van der Waals surface area contributed by atoms with Crippen LogP contribution >= 0.6 is 15.9 Å². The van der Waals surface area contributed by atoms with Gasteiger partial charge in [0.05, 0.1) is 19.3 Å². The van der Waals surface area contributed by atoms with Crippen LogP contribution in [0.4, 0.5) is 0 Å². The van der Waals surface area contributed by atoms with E-state index in [4.69, 9.17) is 4.74 Å². The molecule has 0 fully saturated rings. The van der Waals surface area contributed by atoms with E-state index in [1.54, 1.807) is 13.0 Å². The number of halogens is 1. The van der Waals surface area contributed by atoms with Crippen molar-refractivity contribution in [2.75, 3.05) is 13.7 Å². The molecule has 0 spiro atoms. The highest BCUT2D eigenvalue weighted by atomic mass is 79.9. The van der Waals surface area contributed by atoms with E-state index in [1.165, 1.54) is 7.11 Å². The second-order valence-electron chi connectivity index (χ2n) is 3.92. The van der Waals surface area contributed by atoms with Crippen LogP contribution in [0.3, 0.4) is 0 Å². The number of hydrogen-bond donors (Lipinski definition) is 0. The van der Waals surface area contributed by atoms with Gasteiger partial charge in [0, 0.05) is 11.8 Å². The van der Waals surface area contributed by atoms with Gasteiger partial charge in [0.25, 0.3) is 0 Å². The molecule has 0 atom stereocenters. The third-order valence-corrected chi connectivity index (χ3v) is 3.29. The number of alkyl halides is 1.